The van der Waals surface area contributed by atoms with Crippen LogP contribution in [-0.2, 0) is 25.6 Å². The standard InChI is InChI=1S/C21H33NO5/c1-14(2)17-11-20(27-21(17)23)18(22)13-25-12-16-7-6-15(3)19(10-16)26-9-5-8-24-4/h6-7,10,14,17-18,20H,5,8-9,11-13,22H2,1-4H3. The van der Waals surface area contributed by atoms with Crippen LogP contribution in [0.15, 0.2) is 18.2 Å². The maximum atomic E-state index is 11.9. The molecular formula is C21H33NO5. The first kappa shape index (κ1) is 21.7. The number of cyclic esters (lactones) is 1. The van der Waals surface area contributed by atoms with Gasteiger partial charge in [0.2, 0.25) is 0 Å². The van der Waals surface area contributed by atoms with E-state index in [0.717, 1.165) is 23.3 Å². The lowest BCUT2D eigenvalue weighted by atomic mass is 9.91. The maximum absolute atomic E-state index is 11.9. The second-order valence-electron chi connectivity index (χ2n) is 7.54. The third-order valence-electron chi connectivity index (χ3n) is 4.92. The van der Waals surface area contributed by atoms with E-state index in [4.69, 9.17) is 24.7 Å². The zero-order valence-electron chi connectivity index (χ0n) is 16.9. The Morgan fingerprint density at radius 1 is 1.30 bits per heavy atom. The zero-order valence-corrected chi connectivity index (χ0v) is 16.9. The summed E-state index contributed by atoms with van der Waals surface area (Å²) >= 11 is 0. The maximum Gasteiger partial charge on any atom is 0.309 e. The Hall–Kier alpha value is -1.63. The van der Waals surface area contributed by atoms with E-state index in [-0.39, 0.29) is 30.0 Å². The number of carbonyl (C=O) groups is 1. The number of nitrogens with two attached hydrogens (primary N) is 1. The van der Waals surface area contributed by atoms with Crippen LogP contribution >= 0.6 is 0 Å². The number of carbonyl (C=O) groups excluding carboxylic acids is 1. The molecule has 0 saturated carbocycles. The number of esters is 1. The minimum Gasteiger partial charge on any atom is -0.493 e. The van der Waals surface area contributed by atoms with Gasteiger partial charge >= 0.3 is 5.97 Å². The summed E-state index contributed by atoms with van der Waals surface area (Å²) in [6, 6.07) is 5.73. The molecule has 0 aliphatic carbocycles. The lowest BCUT2D eigenvalue weighted by Crippen LogP contribution is -2.38. The number of aryl methyl sites for hydroxylation is 1. The van der Waals surface area contributed by atoms with Crippen LogP contribution in [0.1, 0.15) is 37.8 Å². The van der Waals surface area contributed by atoms with Gasteiger partial charge in [-0.3, -0.25) is 4.79 Å². The van der Waals surface area contributed by atoms with Crippen molar-refractivity contribution in [3.05, 3.63) is 29.3 Å². The van der Waals surface area contributed by atoms with E-state index in [2.05, 4.69) is 0 Å². The molecule has 3 unspecified atom stereocenters. The van der Waals surface area contributed by atoms with Gasteiger partial charge in [-0.25, -0.2) is 0 Å². The van der Waals surface area contributed by atoms with Crippen LogP contribution in [0.5, 0.6) is 5.75 Å². The van der Waals surface area contributed by atoms with Crippen LogP contribution in [0.3, 0.4) is 0 Å². The van der Waals surface area contributed by atoms with Gasteiger partial charge in [0.25, 0.3) is 0 Å². The molecule has 1 fully saturated rings. The third-order valence-corrected chi connectivity index (χ3v) is 4.92. The molecule has 3 atom stereocenters. The Kier molecular flexibility index (Phi) is 8.54. The van der Waals surface area contributed by atoms with Gasteiger partial charge in [-0.2, -0.15) is 0 Å². The quantitative estimate of drug-likeness (QED) is 0.470. The lowest BCUT2D eigenvalue weighted by Gasteiger charge is -2.18. The summed E-state index contributed by atoms with van der Waals surface area (Å²) < 4.78 is 22.0. The summed E-state index contributed by atoms with van der Waals surface area (Å²) in [5.41, 5.74) is 8.29. The number of rotatable bonds is 11. The molecule has 0 radical (unpaired) electrons. The molecule has 2 rings (SSSR count). The fourth-order valence-corrected chi connectivity index (χ4v) is 3.13. The molecule has 1 heterocycles. The van der Waals surface area contributed by atoms with E-state index >= 15 is 0 Å². The normalized spacial score (nSPS) is 20.7. The van der Waals surface area contributed by atoms with Gasteiger partial charge in [-0.1, -0.05) is 26.0 Å². The van der Waals surface area contributed by atoms with Crippen molar-refractivity contribution in [3.63, 3.8) is 0 Å². The zero-order chi connectivity index (χ0) is 19.8. The van der Waals surface area contributed by atoms with Crippen molar-refractivity contribution >= 4 is 5.97 Å². The van der Waals surface area contributed by atoms with Crippen molar-refractivity contribution in [2.45, 2.75) is 52.4 Å². The van der Waals surface area contributed by atoms with Crippen LogP contribution < -0.4 is 10.5 Å². The highest BCUT2D eigenvalue weighted by atomic mass is 16.6. The van der Waals surface area contributed by atoms with E-state index in [1.165, 1.54) is 0 Å². The molecule has 6 nitrogen and oxygen atoms in total. The second kappa shape index (κ2) is 10.6. The third kappa shape index (κ3) is 6.48. The van der Waals surface area contributed by atoms with Crippen LogP contribution in [0, 0.1) is 18.8 Å². The summed E-state index contributed by atoms with van der Waals surface area (Å²) in [6.45, 7) is 8.17. The summed E-state index contributed by atoms with van der Waals surface area (Å²) in [7, 11) is 1.68. The van der Waals surface area contributed by atoms with Crippen LogP contribution in [0.2, 0.25) is 0 Å². The Balaban J connectivity index is 1.78. The molecule has 27 heavy (non-hydrogen) atoms. The highest BCUT2D eigenvalue weighted by Gasteiger charge is 2.39. The minimum atomic E-state index is -0.312. The molecule has 0 amide bonds. The molecule has 152 valence electrons. The fraction of sp³-hybridized carbons (Fsp3) is 0.667. The Morgan fingerprint density at radius 2 is 2.07 bits per heavy atom. The monoisotopic (exact) mass is 379 g/mol. The van der Waals surface area contributed by atoms with Crippen molar-refractivity contribution in [2.24, 2.45) is 17.6 Å². The lowest BCUT2D eigenvalue weighted by molar-refractivity contribution is -0.146. The van der Waals surface area contributed by atoms with Crippen LogP contribution in [0.25, 0.3) is 0 Å². The predicted octanol–water partition coefficient (Wildman–Crippen LogP) is 2.84. The summed E-state index contributed by atoms with van der Waals surface area (Å²) in [5.74, 6) is 0.932. The smallest absolute Gasteiger partial charge is 0.309 e. The van der Waals surface area contributed by atoms with Crippen molar-refractivity contribution in [3.8, 4) is 5.75 Å². The van der Waals surface area contributed by atoms with E-state index in [1.54, 1.807) is 7.11 Å². The van der Waals surface area contributed by atoms with E-state index in [0.29, 0.717) is 32.8 Å². The topological polar surface area (TPSA) is 80.0 Å². The van der Waals surface area contributed by atoms with Gasteiger partial charge in [-0.05, 0) is 36.5 Å². The molecule has 6 heteroatoms. The van der Waals surface area contributed by atoms with Crippen molar-refractivity contribution < 1.29 is 23.7 Å². The highest BCUT2D eigenvalue weighted by molar-refractivity contribution is 5.75. The molecule has 1 saturated heterocycles. The van der Waals surface area contributed by atoms with Crippen molar-refractivity contribution in [2.75, 3.05) is 26.9 Å². The van der Waals surface area contributed by atoms with Gasteiger partial charge < -0.3 is 24.7 Å². The molecule has 1 aliphatic rings. The first-order valence-electron chi connectivity index (χ1n) is 9.67. The number of hydrogen-bond donors (Lipinski definition) is 1. The number of hydrogen-bond acceptors (Lipinski definition) is 6. The summed E-state index contributed by atoms with van der Waals surface area (Å²) in [6.07, 6.45) is 1.26. The number of benzene rings is 1. The average molecular weight is 379 g/mol. The van der Waals surface area contributed by atoms with Gasteiger partial charge in [0.1, 0.15) is 11.9 Å². The van der Waals surface area contributed by atoms with Gasteiger partial charge in [0, 0.05) is 20.1 Å². The molecule has 1 aromatic carbocycles. The molecular weight excluding hydrogens is 346 g/mol. The number of ether oxygens (including phenoxy) is 4. The first-order valence-corrected chi connectivity index (χ1v) is 9.67. The van der Waals surface area contributed by atoms with Crippen molar-refractivity contribution in [1.29, 1.82) is 0 Å². The molecule has 1 aromatic rings. The minimum absolute atomic E-state index is 0.0593. The molecule has 0 aromatic heterocycles. The number of methoxy groups -OCH3 is 1. The largest absolute Gasteiger partial charge is 0.493 e. The summed E-state index contributed by atoms with van der Waals surface area (Å²) in [5, 5.41) is 0. The van der Waals surface area contributed by atoms with Gasteiger partial charge in [0.05, 0.1) is 31.8 Å². The molecule has 1 aliphatic heterocycles. The average Bonchev–Trinajstić information content (AvgIpc) is 3.03. The van der Waals surface area contributed by atoms with Crippen LogP contribution in [-0.4, -0.2) is 45.0 Å². The second-order valence-corrected chi connectivity index (χ2v) is 7.54. The molecule has 0 bridgehead atoms. The van der Waals surface area contributed by atoms with Crippen molar-refractivity contribution in [1.82, 2.24) is 0 Å². The van der Waals surface area contributed by atoms with E-state index < -0.39 is 0 Å². The molecule has 0 spiro atoms. The highest BCUT2D eigenvalue weighted by Crippen LogP contribution is 2.29. The molecule has 2 N–H and O–H groups in total. The summed E-state index contributed by atoms with van der Waals surface area (Å²) in [4.78, 5) is 11.9. The van der Waals surface area contributed by atoms with Crippen LogP contribution in [0.4, 0.5) is 0 Å². The Morgan fingerprint density at radius 3 is 2.74 bits per heavy atom. The Labute approximate surface area is 162 Å². The predicted molar refractivity (Wildman–Crippen MR) is 104 cm³/mol. The Bertz CT molecular complexity index is 604. The van der Waals surface area contributed by atoms with Gasteiger partial charge in [0.15, 0.2) is 0 Å². The van der Waals surface area contributed by atoms with E-state index in [9.17, 15) is 4.79 Å². The first-order chi connectivity index (χ1) is 12.9. The fourth-order valence-electron chi connectivity index (χ4n) is 3.13. The SMILES string of the molecule is COCCCOc1cc(COCC(N)C2CC(C(C)C)C(=O)O2)ccc1C. The van der Waals surface area contributed by atoms with Gasteiger partial charge in [-0.15, -0.1) is 0 Å². The van der Waals surface area contributed by atoms with E-state index in [1.807, 2.05) is 39.0 Å².